The van der Waals surface area contributed by atoms with Gasteiger partial charge in [0.15, 0.2) is 0 Å². The second-order valence-electron chi connectivity index (χ2n) is 5.45. The van der Waals surface area contributed by atoms with Gasteiger partial charge in [0.05, 0.1) is 0 Å². The van der Waals surface area contributed by atoms with Crippen molar-refractivity contribution in [3.8, 4) is 0 Å². The van der Waals surface area contributed by atoms with Gasteiger partial charge < -0.3 is 0 Å². The van der Waals surface area contributed by atoms with Gasteiger partial charge >= 0.3 is 0 Å². The Balaban J connectivity index is 2.09. The van der Waals surface area contributed by atoms with Crippen molar-refractivity contribution in [3.05, 3.63) is 34.4 Å². The summed E-state index contributed by atoms with van der Waals surface area (Å²) in [6.45, 7) is 6.94. The van der Waals surface area contributed by atoms with E-state index in [2.05, 4.69) is 32.9 Å². The van der Waals surface area contributed by atoms with Gasteiger partial charge in [0.1, 0.15) is 0 Å². The van der Waals surface area contributed by atoms with Crippen LogP contribution in [0.15, 0.2) is 12.1 Å². The minimum atomic E-state index is 0.868. The molecule has 0 saturated carbocycles. The molecule has 0 heterocycles. The highest BCUT2D eigenvalue weighted by Crippen LogP contribution is 2.26. The summed E-state index contributed by atoms with van der Waals surface area (Å²) < 4.78 is 0. The Labute approximate surface area is 100 Å². The number of hydrogen-bond acceptors (Lipinski definition) is 0. The second-order valence-corrected chi connectivity index (χ2v) is 5.45. The molecule has 0 nitrogen and oxygen atoms in total. The lowest BCUT2D eigenvalue weighted by Gasteiger charge is -2.12. The van der Waals surface area contributed by atoms with Crippen molar-refractivity contribution in [2.45, 2.75) is 59.3 Å². The van der Waals surface area contributed by atoms with Gasteiger partial charge in [-0.05, 0) is 67.2 Å². The minimum Gasteiger partial charge on any atom is -0.0651 e. The Bertz CT molecular complexity index is 363. The van der Waals surface area contributed by atoms with E-state index in [0.29, 0.717) is 0 Å². The summed E-state index contributed by atoms with van der Waals surface area (Å²) in [5, 5.41) is 0. The highest BCUT2D eigenvalue weighted by molar-refractivity contribution is 5.40. The standard InChI is InChI=1S/C16H24/c1-4-12(2)8-9-14-11-16-7-5-6-15(16)10-13(14)3/h10-12H,4-9H2,1-3H3. The van der Waals surface area contributed by atoms with Gasteiger partial charge in [0.25, 0.3) is 0 Å². The monoisotopic (exact) mass is 216 g/mol. The molecule has 0 aliphatic heterocycles. The molecule has 1 unspecified atom stereocenters. The maximum atomic E-state index is 2.49. The number of aryl methyl sites for hydroxylation is 4. The molecular weight excluding hydrogens is 192 g/mol. The van der Waals surface area contributed by atoms with Gasteiger partial charge in [0, 0.05) is 0 Å². The van der Waals surface area contributed by atoms with E-state index >= 15 is 0 Å². The van der Waals surface area contributed by atoms with E-state index in [1.807, 2.05) is 0 Å². The first-order valence-electron chi connectivity index (χ1n) is 6.82. The largest absolute Gasteiger partial charge is 0.0651 e. The van der Waals surface area contributed by atoms with Crippen LogP contribution in [0.3, 0.4) is 0 Å². The highest BCUT2D eigenvalue weighted by Gasteiger charge is 2.13. The number of benzene rings is 1. The van der Waals surface area contributed by atoms with E-state index in [-0.39, 0.29) is 0 Å². The number of fused-ring (bicyclic) bond motifs is 1. The zero-order chi connectivity index (χ0) is 11.5. The van der Waals surface area contributed by atoms with Crippen molar-refractivity contribution < 1.29 is 0 Å². The first kappa shape index (κ1) is 11.7. The average molecular weight is 216 g/mol. The lowest BCUT2D eigenvalue weighted by atomic mass is 9.94. The van der Waals surface area contributed by atoms with Gasteiger partial charge in [-0.3, -0.25) is 0 Å². The molecule has 88 valence electrons. The van der Waals surface area contributed by atoms with Crippen molar-refractivity contribution in [2.75, 3.05) is 0 Å². The van der Waals surface area contributed by atoms with Crippen LogP contribution < -0.4 is 0 Å². The summed E-state index contributed by atoms with van der Waals surface area (Å²) in [4.78, 5) is 0. The lowest BCUT2D eigenvalue weighted by molar-refractivity contribution is 0.516. The summed E-state index contributed by atoms with van der Waals surface area (Å²) in [6.07, 6.45) is 7.91. The molecule has 1 aromatic rings. The maximum Gasteiger partial charge on any atom is -0.0273 e. The SMILES string of the molecule is CCC(C)CCc1cc2c(cc1C)CCC2. The molecule has 0 radical (unpaired) electrons. The molecule has 2 rings (SSSR count). The molecule has 1 aromatic carbocycles. The first-order valence-corrected chi connectivity index (χ1v) is 6.82. The quantitative estimate of drug-likeness (QED) is 0.697. The van der Waals surface area contributed by atoms with E-state index in [9.17, 15) is 0 Å². The molecular formula is C16H24. The predicted molar refractivity (Wildman–Crippen MR) is 71.0 cm³/mol. The maximum absolute atomic E-state index is 2.49. The fraction of sp³-hybridized carbons (Fsp3) is 0.625. The smallest absolute Gasteiger partial charge is 0.0273 e. The molecule has 0 spiro atoms. The summed E-state index contributed by atoms with van der Waals surface area (Å²) >= 11 is 0. The fourth-order valence-electron chi connectivity index (χ4n) is 2.67. The molecule has 1 aliphatic rings. The van der Waals surface area contributed by atoms with Gasteiger partial charge in [-0.15, -0.1) is 0 Å². The predicted octanol–water partition coefficient (Wildman–Crippen LogP) is 4.46. The molecule has 0 fully saturated rings. The molecule has 16 heavy (non-hydrogen) atoms. The highest BCUT2D eigenvalue weighted by atomic mass is 14.2. The molecule has 0 N–H and O–H groups in total. The van der Waals surface area contributed by atoms with Crippen molar-refractivity contribution in [2.24, 2.45) is 5.92 Å². The Morgan fingerprint density at radius 1 is 1.19 bits per heavy atom. The van der Waals surface area contributed by atoms with Gasteiger partial charge in [-0.2, -0.15) is 0 Å². The Morgan fingerprint density at radius 3 is 2.56 bits per heavy atom. The molecule has 0 heteroatoms. The van der Waals surface area contributed by atoms with Crippen LogP contribution in [0.25, 0.3) is 0 Å². The molecule has 0 amide bonds. The average Bonchev–Trinajstić information content (AvgIpc) is 2.72. The van der Waals surface area contributed by atoms with Crippen molar-refractivity contribution >= 4 is 0 Å². The third kappa shape index (κ3) is 2.48. The van der Waals surface area contributed by atoms with Crippen LogP contribution >= 0.6 is 0 Å². The summed E-state index contributed by atoms with van der Waals surface area (Å²) in [5.41, 5.74) is 6.36. The van der Waals surface area contributed by atoms with Crippen LogP contribution in [0.4, 0.5) is 0 Å². The van der Waals surface area contributed by atoms with E-state index in [1.54, 1.807) is 16.7 Å². The molecule has 0 bridgehead atoms. The topological polar surface area (TPSA) is 0 Å². The zero-order valence-corrected chi connectivity index (χ0v) is 11.0. The third-order valence-corrected chi connectivity index (χ3v) is 4.15. The Kier molecular flexibility index (Phi) is 3.68. The van der Waals surface area contributed by atoms with Gasteiger partial charge in [-0.25, -0.2) is 0 Å². The van der Waals surface area contributed by atoms with Crippen LogP contribution in [0.1, 0.15) is 55.4 Å². The molecule has 0 saturated heterocycles. The van der Waals surface area contributed by atoms with Crippen molar-refractivity contribution in [3.63, 3.8) is 0 Å². The zero-order valence-electron chi connectivity index (χ0n) is 11.0. The normalized spacial score (nSPS) is 16.2. The van der Waals surface area contributed by atoms with E-state index < -0.39 is 0 Å². The Hall–Kier alpha value is -0.780. The van der Waals surface area contributed by atoms with Gasteiger partial charge in [-0.1, -0.05) is 32.4 Å². The van der Waals surface area contributed by atoms with Gasteiger partial charge in [0.2, 0.25) is 0 Å². The van der Waals surface area contributed by atoms with Crippen LogP contribution in [-0.4, -0.2) is 0 Å². The molecule has 1 atom stereocenters. The fourth-order valence-corrected chi connectivity index (χ4v) is 2.67. The van der Waals surface area contributed by atoms with Crippen LogP contribution in [-0.2, 0) is 19.3 Å². The van der Waals surface area contributed by atoms with E-state index in [1.165, 1.54) is 44.1 Å². The summed E-state index contributed by atoms with van der Waals surface area (Å²) in [5.74, 6) is 0.868. The van der Waals surface area contributed by atoms with Crippen molar-refractivity contribution in [1.82, 2.24) is 0 Å². The van der Waals surface area contributed by atoms with Crippen LogP contribution in [0.2, 0.25) is 0 Å². The first-order chi connectivity index (χ1) is 7.70. The van der Waals surface area contributed by atoms with Crippen LogP contribution in [0.5, 0.6) is 0 Å². The second kappa shape index (κ2) is 5.03. The van der Waals surface area contributed by atoms with E-state index in [0.717, 1.165) is 5.92 Å². The summed E-state index contributed by atoms with van der Waals surface area (Å²) in [7, 11) is 0. The summed E-state index contributed by atoms with van der Waals surface area (Å²) in [6, 6.07) is 4.92. The molecule has 1 aliphatic carbocycles. The lowest BCUT2D eigenvalue weighted by Crippen LogP contribution is -1.99. The van der Waals surface area contributed by atoms with E-state index in [4.69, 9.17) is 0 Å². The number of hydrogen-bond donors (Lipinski definition) is 0. The molecule has 0 aromatic heterocycles. The minimum absolute atomic E-state index is 0.868. The third-order valence-electron chi connectivity index (χ3n) is 4.15. The number of rotatable bonds is 4. The Morgan fingerprint density at radius 2 is 1.88 bits per heavy atom. The van der Waals surface area contributed by atoms with Crippen molar-refractivity contribution in [1.29, 1.82) is 0 Å². The van der Waals surface area contributed by atoms with Crippen LogP contribution in [0, 0.1) is 12.8 Å².